The molecule has 0 aliphatic carbocycles. The summed E-state index contributed by atoms with van der Waals surface area (Å²) < 4.78 is 9.24. The van der Waals surface area contributed by atoms with Crippen LogP contribution < -0.4 is 4.74 Å². The Labute approximate surface area is 211 Å². The van der Waals surface area contributed by atoms with Gasteiger partial charge >= 0.3 is 0 Å². The molecule has 1 aliphatic heterocycles. The Hall–Kier alpha value is -4.11. The van der Waals surface area contributed by atoms with E-state index in [-0.39, 0.29) is 17.5 Å². The molecule has 1 amide bonds. The number of fused-ring (bicyclic) bond motifs is 1. The number of pyridine rings is 1. The van der Waals surface area contributed by atoms with Crippen molar-refractivity contribution in [3.05, 3.63) is 47.6 Å². The number of rotatable bonds is 7. The van der Waals surface area contributed by atoms with Gasteiger partial charge in [-0.3, -0.25) is 9.48 Å². The Morgan fingerprint density at radius 3 is 2.64 bits per heavy atom. The zero-order valence-electron chi connectivity index (χ0n) is 21.2. The molecule has 4 heterocycles. The number of allylic oxidation sites excluding steroid dienone is 1. The second-order valence-electron chi connectivity index (χ2n) is 9.57. The minimum atomic E-state index is -0.172. The molecule has 1 saturated heterocycles. The number of carbonyl (C=O) groups excluding carboxylic acids is 1. The predicted molar refractivity (Wildman–Crippen MR) is 135 cm³/mol. The number of nitrogens with zero attached hydrogens (tertiary/aromatic N) is 7. The van der Waals surface area contributed by atoms with Crippen molar-refractivity contribution in [3.8, 4) is 29.0 Å². The predicted octanol–water partition coefficient (Wildman–Crippen LogP) is 4.44. The van der Waals surface area contributed by atoms with Gasteiger partial charge in [-0.1, -0.05) is 19.9 Å². The van der Waals surface area contributed by atoms with Crippen LogP contribution in [0.15, 0.2) is 36.3 Å². The monoisotopic (exact) mass is 485 g/mol. The van der Waals surface area contributed by atoms with Crippen LogP contribution in [0.2, 0.25) is 0 Å². The lowest BCUT2D eigenvalue weighted by atomic mass is 10.0. The number of likely N-dealkylation sites (tertiary alicyclic amines) is 1. The highest BCUT2D eigenvalue weighted by Crippen LogP contribution is 2.33. The molecular weight excluding hydrogens is 454 g/mol. The van der Waals surface area contributed by atoms with Crippen molar-refractivity contribution in [2.24, 2.45) is 5.92 Å². The van der Waals surface area contributed by atoms with Crippen molar-refractivity contribution in [2.75, 3.05) is 20.2 Å². The Morgan fingerprint density at radius 1 is 1.25 bits per heavy atom. The fourth-order valence-corrected chi connectivity index (χ4v) is 4.77. The third kappa shape index (κ3) is 4.83. The molecule has 0 aromatic carbocycles. The topological polar surface area (TPSA) is 112 Å². The van der Waals surface area contributed by atoms with E-state index in [1.165, 1.54) is 6.20 Å². The van der Waals surface area contributed by atoms with Crippen molar-refractivity contribution < 1.29 is 9.53 Å². The molecule has 36 heavy (non-hydrogen) atoms. The summed E-state index contributed by atoms with van der Waals surface area (Å²) in [7, 11) is 1.58. The van der Waals surface area contributed by atoms with Crippen molar-refractivity contribution in [1.82, 2.24) is 24.3 Å². The van der Waals surface area contributed by atoms with E-state index in [1.807, 2.05) is 30.1 Å². The van der Waals surface area contributed by atoms with Crippen LogP contribution >= 0.6 is 0 Å². The standard InChI is InChI=1S/C27H31N7O2/c1-18(2)6-5-7-20(13-28)27(35)32-10-8-23(9-11-32)34-19(3)24(16-31-34)21-12-25(36-4)26-22(14-29)15-30-33(26)17-21/h7,12,15-18,23H,5-6,8-11H2,1-4H3/b20-7+. The smallest absolute Gasteiger partial charge is 0.264 e. The Kier molecular flexibility index (Phi) is 7.40. The van der Waals surface area contributed by atoms with E-state index in [4.69, 9.17) is 4.74 Å². The van der Waals surface area contributed by atoms with E-state index >= 15 is 0 Å². The largest absolute Gasteiger partial charge is 0.494 e. The van der Waals surface area contributed by atoms with Crippen LogP contribution in [0.1, 0.15) is 56.8 Å². The number of carbonyl (C=O) groups is 1. The maximum atomic E-state index is 12.9. The zero-order chi connectivity index (χ0) is 25.8. The number of methoxy groups -OCH3 is 1. The summed E-state index contributed by atoms with van der Waals surface area (Å²) in [6.45, 7) is 7.47. The molecule has 3 aromatic rings. The van der Waals surface area contributed by atoms with Crippen LogP contribution in [0, 0.1) is 35.5 Å². The molecule has 0 atom stereocenters. The van der Waals surface area contributed by atoms with Gasteiger partial charge in [0.15, 0.2) is 0 Å². The third-order valence-electron chi connectivity index (χ3n) is 6.81. The van der Waals surface area contributed by atoms with Gasteiger partial charge in [-0.05, 0) is 44.6 Å². The molecule has 0 spiro atoms. The SMILES string of the molecule is COc1cc(-c2cnn(C3CCN(C(=O)/C(C#N)=C/CCC(C)C)CC3)c2C)cn2ncc(C#N)c12. The minimum Gasteiger partial charge on any atom is -0.494 e. The molecule has 0 N–H and O–H groups in total. The first-order valence-electron chi connectivity index (χ1n) is 12.3. The van der Waals surface area contributed by atoms with E-state index in [2.05, 4.69) is 36.2 Å². The average molecular weight is 486 g/mol. The summed E-state index contributed by atoms with van der Waals surface area (Å²) in [5.41, 5.74) is 4.22. The second kappa shape index (κ2) is 10.7. The molecule has 0 saturated carbocycles. The number of nitriles is 2. The molecule has 1 fully saturated rings. The summed E-state index contributed by atoms with van der Waals surface area (Å²) >= 11 is 0. The Balaban J connectivity index is 1.49. The molecule has 9 heteroatoms. The van der Waals surface area contributed by atoms with E-state index in [9.17, 15) is 15.3 Å². The summed E-state index contributed by atoms with van der Waals surface area (Å²) in [4.78, 5) is 14.6. The van der Waals surface area contributed by atoms with Gasteiger partial charge in [0.05, 0.1) is 25.5 Å². The quantitative estimate of drug-likeness (QED) is 0.361. The summed E-state index contributed by atoms with van der Waals surface area (Å²) in [5, 5.41) is 27.8. The van der Waals surface area contributed by atoms with Crippen LogP contribution in [0.3, 0.4) is 0 Å². The minimum absolute atomic E-state index is 0.166. The van der Waals surface area contributed by atoms with Gasteiger partial charge in [0.25, 0.3) is 5.91 Å². The lowest BCUT2D eigenvalue weighted by Gasteiger charge is -2.32. The summed E-state index contributed by atoms with van der Waals surface area (Å²) in [6, 6.07) is 6.31. The van der Waals surface area contributed by atoms with Gasteiger partial charge in [0.2, 0.25) is 0 Å². The van der Waals surface area contributed by atoms with Crippen LogP contribution in [0.25, 0.3) is 16.6 Å². The first-order chi connectivity index (χ1) is 17.4. The van der Waals surface area contributed by atoms with Crippen LogP contribution in [-0.2, 0) is 4.79 Å². The van der Waals surface area contributed by atoms with Crippen molar-refractivity contribution >= 4 is 11.4 Å². The fourth-order valence-electron chi connectivity index (χ4n) is 4.77. The lowest BCUT2D eigenvalue weighted by molar-refractivity contribution is -0.128. The Morgan fingerprint density at radius 2 is 2.00 bits per heavy atom. The number of amides is 1. The maximum Gasteiger partial charge on any atom is 0.264 e. The van der Waals surface area contributed by atoms with E-state index in [1.54, 1.807) is 22.6 Å². The maximum absolute atomic E-state index is 12.9. The number of aromatic nitrogens is 4. The fraction of sp³-hybridized carbons (Fsp3) is 0.444. The highest BCUT2D eigenvalue weighted by molar-refractivity contribution is 5.97. The van der Waals surface area contributed by atoms with E-state index in [0.717, 1.165) is 42.5 Å². The van der Waals surface area contributed by atoms with Gasteiger partial charge in [-0.25, -0.2) is 4.52 Å². The summed E-state index contributed by atoms with van der Waals surface area (Å²) in [6.07, 6.45) is 10.3. The van der Waals surface area contributed by atoms with Gasteiger partial charge in [0.1, 0.15) is 34.5 Å². The molecular formula is C27H31N7O2. The van der Waals surface area contributed by atoms with Crippen molar-refractivity contribution in [1.29, 1.82) is 10.5 Å². The normalized spacial score (nSPS) is 14.8. The van der Waals surface area contributed by atoms with Gasteiger partial charge in [0, 0.05) is 36.1 Å². The third-order valence-corrected chi connectivity index (χ3v) is 6.81. The van der Waals surface area contributed by atoms with Crippen molar-refractivity contribution in [2.45, 2.75) is 52.5 Å². The van der Waals surface area contributed by atoms with Crippen LogP contribution in [0.5, 0.6) is 5.75 Å². The number of hydrogen-bond acceptors (Lipinski definition) is 6. The Bertz CT molecular complexity index is 1380. The van der Waals surface area contributed by atoms with E-state index < -0.39 is 0 Å². The second-order valence-corrected chi connectivity index (χ2v) is 9.57. The van der Waals surface area contributed by atoms with Gasteiger partial charge in [-0.2, -0.15) is 20.7 Å². The number of hydrogen-bond donors (Lipinski definition) is 0. The molecule has 186 valence electrons. The van der Waals surface area contributed by atoms with E-state index in [0.29, 0.717) is 35.8 Å². The first-order valence-corrected chi connectivity index (χ1v) is 12.3. The average Bonchev–Trinajstić information content (AvgIpc) is 3.48. The highest BCUT2D eigenvalue weighted by atomic mass is 16.5. The molecule has 1 aliphatic rings. The van der Waals surface area contributed by atoms with Crippen molar-refractivity contribution in [3.63, 3.8) is 0 Å². The zero-order valence-corrected chi connectivity index (χ0v) is 21.2. The van der Waals surface area contributed by atoms with Crippen LogP contribution in [-0.4, -0.2) is 50.4 Å². The molecule has 0 bridgehead atoms. The highest BCUT2D eigenvalue weighted by Gasteiger charge is 2.27. The van der Waals surface area contributed by atoms with Gasteiger partial charge in [-0.15, -0.1) is 0 Å². The number of piperidine rings is 1. The molecule has 0 unspecified atom stereocenters. The van der Waals surface area contributed by atoms with Crippen LogP contribution in [0.4, 0.5) is 0 Å². The lowest BCUT2D eigenvalue weighted by Crippen LogP contribution is -2.40. The number of ether oxygens (including phenoxy) is 1. The molecule has 4 rings (SSSR count). The first kappa shape index (κ1) is 25.0. The molecule has 9 nitrogen and oxygen atoms in total. The summed E-state index contributed by atoms with van der Waals surface area (Å²) in [5.74, 6) is 0.941. The van der Waals surface area contributed by atoms with Gasteiger partial charge < -0.3 is 9.64 Å². The molecule has 3 aromatic heterocycles. The molecule has 0 radical (unpaired) electrons.